The molecule has 0 spiro atoms. The molecule has 1 aromatic heterocycles. The second-order valence-electron chi connectivity index (χ2n) is 4.33. The fourth-order valence-corrected chi connectivity index (χ4v) is 1.74. The number of para-hydroxylation sites is 2. The number of hydrogen-bond acceptors (Lipinski definition) is 5. The number of aromatic nitrogens is 2. The normalized spacial score (nSPS) is 11.7. The molecule has 8 heteroatoms. The van der Waals surface area contributed by atoms with E-state index in [9.17, 15) is 14.9 Å². The Balaban J connectivity index is 1.91. The van der Waals surface area contributed by atoms with Gasteiger partial charge in [0.15, 0.2) is 12.4 Å². The molecule has 0 aliphatic rings. The molecular weight excluding hydrogens is 276 g/mol. The summed E-state index contributed by atoms with van der Waals surface area (Å²) in [5, 5.41) is 20.0. The van der Waals surface area contributed by atoms with Crippen molar-refractivity contribution >= 4 is 11.6 Å². The van der Waals surface area contributed by atoms with E-state index in [0.29, 0.717) is 0 Å². The fraction of sp³-hybridized carbons (Fsp3) is 0.231. The molecule has 0 saturated heterocycles. The van der Waals surface area contributed by atoms with E-state index < -0.39 is 4.92 Å². The number of amides is 1. The van der Waals surface area contributed by atoms with Crippen molar-refractivity contribution in [3.05, 3.63) is 52.3 Å². The van der Waals surface area contributed by atoms with Crippen molar-refractivity contribution in [1.82, 2.24) is 15.5 Å². The highest BCUT2D eigenvalue weighted by atomic mass is 16.6. The van der Waals surface area contributed by atoms with Crippen molar-refractivity contribution < 1.29 is 14.5 Å². The molecule has 0 saturated carbocycles. The summed E-state index contributed by atoms with van der Waals surface area (Å²) in [4.78, 5) is 22.0. The Bertz CT molecular complexity index is 627. The molecule has 1 heterocycles. The van der Waals surface area contributed by atoms with Crippen LogP contribution in [0.4, 0.5) is 5.69 Å². The summed E-state index contributed by atoms with van der Waals surface area (Å²) in [7, 11) is 0. The molecule has 0 fully saturated rings. The molecule has 1 amide bonds. The highest BCUT2D eigenvalue weighted by molar-refractivity contribution is 5.78. The lowest BCUT2D eigenvalue weighted by Gasteiger charge is -2.12. The molecule has 1 atom stereocenters. The summed E-state index contributed by atoms with van der Waals surface area (Å²) in [6.07, 6.45) is 3.28. The van der Waals surface area contributed by atoms with Crippen LogP contribution in [-0.2, 0) is 4.79 Å². The quantitative estimate of drug-likeness (QED) is 0.619. The smallest absolute Gasteiger partial charge is 0.310 e. The maximum absolute atomic E-state index is 11.8. The van der Waals surface area contributed by atoms with Crippen molar-refractivity contribution in [3.8, 4) is 5.75 Å². The van der Waals surface area contributed by atoms with Gasteiger partial charge in [0.1, 0.15) is 0 Å². The molecule has 2 N–H and O–H groups in total. The van der Waals surface area contributed by atoms with Crippen LogP contribution < -0.4 is 10.1 Å². The third-order valence-electron chi connectivity index (χ3n) is 2.82. The first kappa shape index (κ1) is 14.5. The van der Waals surface area contributed by atoms with Gasteiger partial charge in [-0.3, -0.25) is 20.0 Å². The van der Waals surface area contributed by atoms with Crippen LogP contribution in [0.5, 0.6) is 5.75 Å². The topological polar surface area (TPSA) is 110 Å². The lowest BCUT2D eigenvalue weighted by molar-refractivity contribution is -0.385. The maximum Gasteiger partial charge on any atom is 0.310 e. The monoisotopic (exact) mass is 290 g/mol. The summed E-state index contributed by atoms with van der Waals surface area (Å²) in [6, 6.07) is 5.68. The SMILES string of the molecule is CC(NC(=O)COc1ccccc1[N+](=O)[O-])c1cn[nH]c1. The molecule has 0 aliphatic heterocycles. The number of H-pyrrole nitrogens is 1. The molecule has 1 aromatic carbocycles. The first-order valence-electron chi connectivity index (χ1n) is 6.22. The Hall–Kier alpha value is -2.90. The number of nitro benzene ring substituents is 1. The zero-order chi connectivity index (χ0) is 15.2. The number of ether oxygens (including phenoxy) is 1. The Kier molecular flexibility index (Phi) is 4.50. The van der Waals surface area contributed by atoms with Gasteiger partial charge in [-0.05, 0) is 13.0 Å². The molecule has 8 nitrogen and oxygen atoms in total. The third-order valence-corrected chi connectivity index (χ3v) is 2.82. The largest absolute Gasteiger partial charge is 0.477 e. The average Bonchev–Trinajstić information content (AvgIpc) is 2.99. The van der Waals surface area contributed by atoms with Gasteiger partial charge < -0.3 is 10.1 Å². The van der Waals surface area contributed by atoms with E-state index in [0.717, 1.165) is 5.56 Å². The van der Waals surface area contributed by atoms with Crippen LogP contribution in [-0.4, -0.2) is 27.6 Å². The second kappa shape index (κ2) is 6.51. The van der Waals surface area contributed by atoms with E-state index in [4.69, 9.17) is 4.74 Å². The Morgan fingerprint density at radius 2 is 2.29 bits per heavy atom. The summed E-state index contributed by atoms with van der Waals surface area (Å²) in [5.74, 6) is -0.310. The van der Waals surface area contributed by atoms with E-state index in [1.165, 1.54) is 18.2 Å². The van der Waals surface area contributed by atoms with Gasteiger partial charge in [-0.1, -0.05) is 12.1 Å². The molecule has 1 unspecified atom stereocenters. The molecule has 0 aliphatic carbocycles. The van der Waals surface area contributed by atoms with E-state index in [2.05, 4.69) is 15.5 Å². The lowest BCUT2D eigenvalue weighted by Crippen LogP contribution is -2.31. The van der Waals surface area contributed by atoms with Gasteiger partial charge in [-0.15, -0.1) is 0 Å². The molecule has 21 heavy (non-hydrogen) atoms. The molecule has 0 radical (unpaired) electrons. The summed E-state index contributed by atoms with van der Waals surface area (Å²) in [6.45, 7) is 1.50. The number of carbonyl (C=O) groups is 1. The zero-order valence-electron chi connectivity index (χ0n) is 11.3. The standard InChI is InChI=1S/C13H14N4O4/c1-9(10-6-14-15-7-10)16-13(18)8-21-12-5-3-2-4-11(12)17(19)20/h2-7,9H,8H2,1H3,(H,14,15)(H,16,18). The van der Waals surface area contributed by atoms with Gasteiger partial charge in [0.2, 0.25) is 0 Å². The number of nitrogens with one attached hydrogen (secondary N) is 2. The second-order valence-corrected chi connectivity index (χ2v) is 4.33. The van der Waals surface area contributed by atoms with Crippen LogP contribution in [0, 0.1) is 10.1 Å². The predicted octanol–water partition coefficient (Wildman–Crippen LogP) is 1.57. The number of nitrogens with zero attached hydrogens (tertiary/aromatic N) is 2. The summed E-state index contributed by atoms with van der Waals surface area (Å²) in [5.41, 5.74) is 0.655. The van der Waals surface area contributed by atoms with Crippen molar-refractivity contribution in [2.75, 3.05) is 6.61 Å². The van der Waals surface area contributed by atoms with Crippen molar-refractivity contribution in [2.45, 2.75) is 13.0 Å². The summed E-state index contributed by atoms with van der Waals surface area (Å²) < 4.78 is 5.20. The number of rotatable bonds is 6. The number of nitro groups is 1. The van der Waals surface area contributed by atoms with E-state index >= 15 is 0 Å². The minimum absolute atomic E-state index is 0.0635. The number of benzene rings is 1. The molecule has 2 aromatic rings. The molecular formula is C13H14N4O4. The van der Waals surface area contributed by atoms with Gasteiger partial charge >= 0.3 is 5.69 Å². The number of carbonyl (C=O) groups excluding carboxylic acids is 1. The Morgan fingerprint density at radius 1 is 1.52 bits per heavy atom. The minimum Gasteiger partial charge on any atom is -0.477 e. The third kappa shape index (κ3) is 3.78. The average molecular weight is 290 g/mol. The fourth-order valence-electron chi connectivity index (χ4n) is 1.74. The highest BCUT2D eigenvalue weighted by Crippen LogP contribution is 2.25. The first-order chi connectivity index (χ1) is 10.1. The van der Waals surface area contributed by atoms with Gasteiger partial charge in [-0.2, -0.15) is 5.10 Å². The van der Waals surface area contributed by atoms with Gasteiger partial charge in [-0.25, -0.2) is 0 Å². The van der Waals surface area contributed by atoms with Crippen molar-refractivity contribution in [1.29, 1.82) is 0 Å². The van der Waals surface area contributed by atoms with Crippen LogP contribution in [0.1, 0.15) is 18.5 Å². The zero-order valence-corrected chi connectivity index (χ0v) is 11.3. The van der Waals surface area contributed by atoms with Gasteiger partial charge in [0, 0.05) is 17.8 Å². The van der Waals surface area contributed by atoms with Crippen molar-refractivity contribution in [3.63, 3.8) is 0 Å². The van der Waals surface area contributed by atoms with E-state index in [-0.39, 0.29) is 30.0 Å². The predicted molar refractivity (Wildman–Crippen MR) is 73.7 cm³/mol. The maximum atomic E-state index is 11.8. The van der Waals surface area contributed by atoms with Crippen LogP contribution in [0.3, 0.4) is 0 Å². The number of aromatic amines is 1. The van der Waals surface area contributed by atoms with Crippen LogP contribution in [0.25, 0.3) is 0 Å². The lowest BCUT2D eigenvalue weighted by atomic mass is 10.2. The van der Waals surface area contributed by atoms with Crippen LogP contribution in [0.15, 0.2) is 36.7 Å². The van der Waals surface area contributed by atoms with Crippen molar-refractivity contribution in [2.24, 2.45) is 0 Å². The molecule has 0 bridgehead atoms. The van der Waals surface area contributed by atoms with E-state index in [1.807, 2.05) is 0 Å². The van der Waals surface area contributed by atoms with Gasteiger partial charge in [0.25, 0.3) is 5.91 Å². The van der Waals surface area contributed by atoms with Gasteiger partial charge in [0.05, 0.1) is 17.2 Å². The number of hydrogen-bond donors (Lipinski definition) is 2. The Labute approximate surface area is 120 Å². The Morgan fingerprint density at radius 3 is 2.95 bits per heavy atom. The highest BCUT2D eigenvalue weighted by Gasteiger charge is 2.16. The minimum atomic E-state index is -0.554. The first-order valence-corrected chi connectivity index (χ1v) is 6.22. The van der Waals surface area contributed by atoms with Crippen LogP contribution >= 0.6 is 0 Å². The summed E-state index contributed by atoms with van der Waals surface area (Å²) >= 11 is 0. The van der Waals surface area contributed by atoms with E-state index in [1.54, 1.807) is 25.4 Å². The van der Waals surface area contributed by atoms with Crippen LogP contribution in [0.2, 0.25) is 0 Å². The molecule has 2 rings (SSSR count). The molecule has 110 valence electrons.